The Morgan fingerprint density at radius 1 is 0.903 bits per heavy atom. The molecule has 1 heterocycles. The zero-order chi connectivity index (χ0) is 23.6. The summed E-state index contributed by atoms with van der Waals surface area (Å²) in [6.07, 6.45) is 3.77. The molecule has 0 aliphatic heterocycles. The first kappa shape index (κ1) is 28.5. The highest BCUT2D eigenvalue weighted by Gasteiger charge is 2.34. The SMILES string of the molecule is CC(C)N(C(C)C)P(OCCOCCSC(=O)c1cc[n+](C)cc1)N(C(C)C)C(C)C. The standard InChI is InChI=1S/C23H43N3O3PS/c1-18(2)25(19(3)4)30(26(20(5)6)21(7)8)29-15-14-28-16-17-31-23(27)22-10-12-24(9)13-11-22/h10-13,18-21H,14-17H2,1-9H3/q+1. The lowest BCUT2D eigenvalue weighted by molar-refractivity contribution is -0.671. The molecule has 0 bridgehead atoms. The number of aromatic nitrogens is 1. The topological polar surface area (TPSA) is 45.9 Å². The van der Waals surface area contributed by atoms with Crippen LogP contribution in [0.2, 0.25) is 0 Å². The van der Waals surface area contributed by atoms with Crippen LogP contribution in [0.15, 0.2) is 24.5 Å². The molecule has 0 saturated heterocycles. The maximum absolute atomic E-state index is 12.2. The van der Waals surface area contributed by atoms with Crippen LogP contribution >= 0.6 is 20.2 Å². The van der Waals surface area contributed by atoms with E-state index < -0.39 is 8.45 Å². The fraction of sp³-hybridized carbons (Fsp3) is 0.739. The summed E-state index contributed by atoms with van der Waals surface area (Å²) in [6, 6.07) is 5.28. The Hall–Kier alpha value is -0.560. The molecule has 31 heavy (non-hydrogen) atoms. The van der Waals surface area contributed by atoms with Crippen molar-refractivity contribution in [2.75, 3.05) is 25.6 Å². The lowest BCUT2D eigenvalue weighted by Gasteiger charge is -2.45. The van der Waals surface area contributed by atoms with Gasteiger partial charge in [-0.25, -0.2) is 13.9 Å². The Labute approximate surface area is 195 Å². The monoisotopic (exact) mass is 472 g/mol. The maximum atomic E-state index is 12.2. The van der Waals surface area contributed by atoms with Crippen LogP contribution in [0.25, 0.3) is 0 Å². The number of hydrogen-bond acceptors (Lipinski definition) is 6. The van der Waals surface area contributed by atoms with Gasteiger partial charge in [0.1, 0.15) is 7.05 Å². The van der Waals surface area contributed by atoms with Gasteiger partial charge in [-0.05, 0) is 55.4 Å². The third-order valence-corrected chi connectivity index (χ3v) is 8.54. The lowest BCUT2D eigenvalue weighted by Crippen LogP contribution is -2.43. The van der Waals surface area contributed by atoms with Crippen molar-refractivity contribution in [3.63, 3.8) is 0 Å². The van der Waals surface area contributed by atoms with Crippen molar-refractivity contribution in [2.24, 2.45) is 7.05 Å². The van der Waals surface area contributed by atoms with Crippen LogP contribution < -0.4 is 4.57 Å². The van der Waals surface area contributed by atoms with Gasteiger partial charge in [-0.2, -0.15) is 0 Å². The summed E-state index contributed by atoms with van der Waals surface area (Å²) in [5, 5.41) is 0.0815. The van der Waals surface area contributed by atoms with Crippen LogP contribution in [0, 0.1) is 0 Å². The molecule has 0 aliphatic rings. The minimum Gasteiger partial charge on any atom is -0.378 e. The molecule has 0 aliphatic carbocycles. The second kappa shape index (κ2) is 14.6. The molecule has 0 radical (unpaired) electrons. The number of rotatable bonds is 14. The van der Waals surface area contributed by atoms with Crippen LogP contribution in [0.5, 0.6) is 0 Å². The van der Waals surface area contributed by atoms with E-state index in [2.05, 4.69) is 64.7 Å². The number of hydrogen-bond donors (Lipinski definition) is 0. The number of carbonyl (C=O) groups excluding carboxylic acids is 1. The van der Waals surface area contributed by atoms with Crippen molar-refractivity contribution in [1.29, 1.82) is 0 Å². The molecule has 178 valence electrons. The number of nitrogens with zero attached hydrogens (tertiary/aromatic N) is 3. The first-order valence-corrected chi connectivity index (χ1v) is 13.4. The van der Waals surface area contributed by atoms with Crippen LogP contribution in [0.4, 0.5) is 0 Å². The predicted octanol–water partition coefficient (Wildman–Crippen LogP) is 4.88. The van der Waals surface area contributed by atoms with Crippen molar-refractivity contribution in [1.82, 2.24) is 9.34 Å². The van der Waals surface area contributed by atoms with Crippen molar-refractivity contribution in [3.8, 4) is 0 Å². The number of thioether (sulfide) groups is 1. The second-order valence-electron chi connectivity index (χ2n) is 8.72. The van der Waals surface area contributed by atoms with Crippen molar-refractivity contribution >= 4 is 25.3 Å². The zero-order valence-corrected chi connectivity index (χ0v) is 22.6. The molecule has 0 unspecified atom stereocenters. The second-order valence-corrected chi connectivity index (χ2v) is 11.5. The van der Waals surface area contributed by atoms with E-state index in [-0.39, 0.29) is 5.12 Å². The fourth-order valence-corrected chi connectivity index (χ4v) is 6.44. The molecule has 0 spiro atoms. The smallest absolute Gasteiger partial charge is 0.219 e. The summed E-state index contributed by atoms with van der Waals surface area (Å²) >= 11 is 1.30. The van der Waals surface area contributed by atoms with Crippen molar-refractivity contribution in [2.45, 2.75) is 79.6 Å². The van der Waals surface area contributed by atoms with Gasteiger partial charge < -0.3 is 9.26 Å². The van der Waals surface area contributed by atoms with Gasteiger partial charge in [0, 0.05) is 47.6 Å². The van der Waals surface area contributed by atoms with Gasteiger partial charge in [-0.3, -0.25) is 4.79 Å². The molecule has 0 fully saturated rings. The minimum atomic E-state index is -0.888. The molecule has 8 heteroatoms. The van der Waals surface area contributed by atoms with E-state index in [9.17, 15) is 4.79 Å². The number of ether oxygens (including phenoxy) is 1. The minimum absolute atomic E-state index is 0.0815. The normalized spacial score (nSPS) is 12.5. The lowest BCUT2D eigenvalue weighted by atomic mass is 10.3. The summed E-state index contributed by atoms with van der Waals surface area (Å²) in [6.45, 7) is 19.5. The summed E-state index contributed by atoms with van der Waals surface area (Å²) in [7, 11) is 1.05. The number of pyridine rings is 1. The van der Waals surface area contributed by atoms with E-state index >= 15 is 0 Å². The summed E-state index contributed by atoms with van der Waals surface area (Å²) in [4.78, 5) is 12.2. The molecule has 0 atom stereocenters. The van der Waals surface area contributed by atoms with Gasteiger partial charge in [-0.15, -0.1) is 0 Å². The molecule has 6 nitrogen and oxygen atoms in total. The largest absolute Gasteiger partial charge is 0.378 e. The molecular formula is C23H43N3O3PS+. The van der Waals surface area contributed by atoms with Gasteiger partial charge in [0.05, 0.1) is 19.8 Å². The van der Waals surface area contributed by atoms with Crippen LogP contribution in [-0.4, -0.2) is 64.2 Å². The van der Waals surface area contributed by atoms with Crippen molar-refractivity contribution < 1.29 is 18.6 Å². The Morgan fingerprint density at radius 2 is 1.39 bits per heavy atom. The van der Waals surface area contributed by atoms with E-state index in [1.807, 2.05) is 36.1 Å². The Kier molecular flexibility index (Phi) is 13.4. The molecule has 0 aromatic carbocycles. The summed E-state index contributed by atoms with van der Waals surface area (Å²) in [5.41, 5.74) is 0.724. The first-order chi connectivity index (χ1) is 14.6. The van der Waals surface area contributed by atoms with Gasteiger partial charge in [-0.1, -0.05) is 11.8 Å². The van der Waals surface area contributed by atoms with Gasteiger partial charge >= 0.3 is 0 Å². The number of aryl methyl sites for hydroxylation is 1. The van der Waals surface area contributed by atoms with E-state index in [1.165, 1.54) is 11.8 Å². The molecular weight excluding hydrogens is 429 g/mol. The third-order valence-electron chi connectivity index (χ3n) is 4.62. The third kappa shape index (κ3) is 9.85. The van der Waals surface area contributed by atoms with Crippen LogP contribution in [-0.2, 0) is 16.3 Å². The highest BCUT2D eigenvalue weighted by molar-refractivity contribution is 8.14. The zero-order valence-electron chi connectivity index (χ0n) is 20.9. The average Bonchev–Trinajstić information content (AvgIpc) is 2.66. The van der Waals surface area contributed by atoms with E-state index in [0.717, 1.165) is 5.56 Å². The fourth-order valence-electron chi connectivity index (χ4n) is 3.43. The van der Waals surface area contributed by atoms with Gasteiger partial charge in [0.15, 0.2) is 20.8 Å². The van der Waals surface area contributed by atoms with Gasteiger partial charge in [0.25, 0.3) is 0 Å². The molecule has 0 saturated carbocycles. The molecule has 0 amide bonds. The van der Waals surface area contributed by atoms with Crippen LogP contribution in [0.3, 0.4) is 0 Å². The quantitative estimate of drug-likeness (QED) is 0.218. The molecule has 1 rings (SSSR count). The van der Waals surface area contributed by atoms with E-state index in [1.54, 1.807) is 0 Å². The summed E-state index contributed by atoms with van der Waals surface area (Å²) < 4.78 is 19.1. The van der Waals surface area contributed by atoms with E-state index in [4.69, 9.17) is 9.26 Å². The Balaban J connectivity index is 2.50. The maximum Gasteiger partial charge on any atom is 0.219 e. The Morgan fingerprint density at radius 3 is 1.84 bits per heavy atom. The van der Waals surface area contributed by atoms with Gasteiger partial charge in [0.2, 0.25) is 5.12 Å². The van der Waals surface area contributed by atoms with E-state index in [0.29, 0.717) is 49.7 Å². The first-order valence-electron chi connectivity index (χ1n) is 11.3. The Bertz CT molecular complexity index is 605. The molecule has 0 N–H and O–H groups in total. The number of carbonyl (C=O) groups is 1. The highest BCUT2D eigenvalue weighted by atomic mass is 32.2. The average molecular weight is 473 g/mol. The molecule has 1 aromatic rings. The van der Waals surface area contributed by atoms with Crippen LogP contribution in [0.1, 0.15) is 65.7 Å². The predicted molar refractivity (Wildman–Crippen MR) is 132 cm³/mol. The highest BCUT2D eigenvalue weighted by Crippen LogP contribution is 2.50. The molecule has 1 aromatic heterocycles. The summed E-state index contributed by atoms with van der Waals surface area (Å²) in [5.74, 6) is 0.642. The van der Waals surface area contributed by atoms with Crippen molar-refractivity contribution in [3.05, 3.63) is 30.1 Å².